The van der Waals surface area contributed by atoms with E-state index in [-0.39, 0.29) is 5.91 Å². The number of aromatic nitrogens is 2. The molecule has 0 aliphatic carbocycles. The predicted molar refractivity (Wildman–Crippen MR) is 144 cm³/mol. The molecular formula is C29H31N7O2. The Morgan fingerprint density at radius 2 is 1.76 bits per heavy atom. The molecule has 0 radical (unpaired) electrons. The Kier molecular flexibility index (Phi) is 7.90. The van der Waals surface area contributed by atoms with E-state index in [1.807, 2.05) is 27.7 Å². The Morgan fingerprint density at radius 3 is 2.37 bits per heavy atom. The van der Waals surface area contributed by atoms with Crippen LogP contribution in [0, 0.1) is 42.4 Å². The van der Waals surface area contributed by atoms with E-state index >= 15 is 0 Å². The average molecular weight is 510 g/mol. The van der Waals surface area contributed by atoms with E-state index < -0.39 is 6.04 Å². The van der Waals surface area contributed by atoms with E-state index in [4.69, 9.17) is 20.7 Å². The third-order valence-corrected chi connectivity index (χ3v) is 6.43. The number of fused-ring (bicyclic) bond motifs is 1. The smallest absolute Gasteiger partial charge is 0.239 e. The van der Waals surface area contributed by atoms with Crippen LogP contribution in [-0.4, -0.2) is 33.4 Å². The lowest BCUT2D eigenvalue weighted by Gasteiger charge is -2.31. The molecule has 1 amide bonds. The van der Waals surface area contributed by atoms with Gasteiger partial charge in [-0.25, -0.2) is 4.98 Å². The van der Waals surface area contributed by atoms with Crippen LogP contribution in [0.3, 0.4) is 0 Å². The molecule has 38 heavy (non-hydrogen) atoms. The Labute approximate surface area is 222 Å². The monoisotopic (exact) mass is 509 g/mol. The molecule has 4 rings (SSSR count). The minimum absolute atomic E-state index is 0.0965. The van der Waals surface area contributed by atoms with Crippen LogP contribution < -0.4 is 15.8 Å². The van der Waals surface area contributed by atoms with Gasteiger partial charge in [0.05, 0.1) is 47.1 Å². The molecular weight excluding hydrogens is 478 g/mol. The Bertz CT molecular complexity index is 1410. The molecule has 0 unspecified atom stereocenters. The largest absolute Gasteiger partial charge is 0.438 e. The van der Waals surface area contributed by atoms with Crippen LogP contribution in [0.1, 0.15) is 53.8 Å². The van der Waals surface area contributed by atoms with Crippen LogP contribution in [-0.2, 0) is 17.8 Å². The van der Waals surface area contributed by atoms with Gasteiger partial charge in [-0.3, -0.25) is 4.79 Å². The molecule has 9 heteroatoms. The maximum Gasteiger partial charge on any atom is 0.239 e. The number of anilines is 2. The molecule has 1 aliphatic rings. The van der Waals surface area contributed by atoms with Gasteiger partial charge in [-0.15, -0.1) is 0 Å². The maximum atomic E-state index is 13.1. The second kappa shape index (κ2) is 11.3. The molecule has 0 saturated carbocycles. The number of ether oxygens (including phenoxy) is 1. The lowest BCUT2D eigenvalue weighted by molar-refractivity contribution is -0.133. The van der Waals surface area contributed by atoms with Crippen LogP contribution in [0.15, 0.2) is 36.4 Å². The summed E-state index contributed by atoms with van der Waals surface area (Å²) in [5.74, 6) is 1.52. The number of benzene rings is 2. The molecule has 1 aliphatic heterocycles. The molecule has 2 heterocycles. The summed E-state index contributed by atoms with van der Waals surface area (Å²) < 4.78 is 6.39. The summed E-state index contributed by atoms with van der Waals surface area (Å²) in [7, 11) is 0. The van der Waals surface area contributed by atoms with Gasteiger partial charge >= 0.3 is 0 Å². The Hall–Kier alpha value is -4.47. The van der Waals surface area contributed by atoms with Gasteiger partial charge in [-0.05, 0) is 73.7 Å². The molecule has 3 N–H and O–H groups in total. The second-order valence-electron chi connectivity index (χ2n) is 9.99. The van der Waals surface area contributed by atoms with Crippen molar-refractivity contribution in [2.24, 2.45) is 11.7 Å². The number of amides is 1. The fourth-order valence-electron chi connectivity index (χ4n) is 4.59. The number of nitrogens with two attached hydrogens (primary N) is 1. The highest BCUT2D eigenvalue weighted by atomic mass is 16.5. The number of hydrogen-bond donors (Lipinski definition) is 2. The van der Waals surface area contributed by atoms with Crippen LogP contribution in [0.25, 0.3) is 0 Å². The van der Waals surface area contributed by atoms with E-state index in [0.717, 1.165) is 28.1 Å². The van der Waals surface area contributed by atoms with Crippen LogP contribution in [0.2, 0.25) is 0 Å². The Balaban J connectivity index is 1.71. The first kappa shape index (κ1) is 26.6. The summed E-state index contributed by atoms with van der Waals surface area (Å²) in [6.45, 7) is 8.65. The molecule has 2 aromatic carbocycles. The van der Waals surface area contributed by atoms with Gasteiger partial charge in [0.1, 0.15) is 5.75 Å². The van der Waals surface area contributed by atoms with Crippen molar-refractivity contribution < 1.29 is 9.53 Å². The zero-order chi connectivity index (χ0) is 27.4. The third-order valence-electron chi connectivity index (χ3n) is 6.43. The van der Waals surface area contributed by atoms with Crippen LogP contribution in [0.5, 0.6) is 11.6 Å². The van der Waals surface area contributed by atoms with Crippen LogP contribution >= 0.6 is 0 Å². The van der Waals surface area contributed by atoms with E-state index in [1.54, 1.807) is 41.3 Å². The molecule has 194 valence electrons. The molecule has 9 nitrogen and oxygen atoms in total. The minimum atomic E-state index is -0.567. The van der Waals surface area contributed by atoms with E-state index in [9.17, 15) is 10.1 Å². The topological polar surface area (TPSA) is 141 Å². The highest BCUT2D eigenvalue weighted by Crippen LogP contribution is 2.35. The molecule has 1 aromatic heterocycles. The number of carbonyl (C=O) groups is 1. The standard InChI is InChI=1S/C29H31N7O2/c1-17(2)11-24(32)28(37)36-10-9-25-23(16-36)27(38-26-18(3)12-21(15-31)13-19(26)4)35-29(34-25)33-22-7-5-20(14-30)6-8-22/h5-8,12-13,17,24H,9-11,16,32H2,1-4H3,(H,33,34,35)/t24-/m0/s1. The van der Waals surface area contributed by atoms with E-state index in [2.05, 4.69) is 22.4 Å². The van der Waals surface area contributed by atoms with Crippen LogP contribution in [0.4, 0.5) is 11.6 Å². The Morgan fingerprint density at radius 1 is 1.11 bits per heavy atom. The van der Waals surface area contributed by atoms with Gasteiger partial charge in [0, 0.05) is 18.7 Å². The lowest BCUT2D eigenvalue weighted by atomic mass is 10.0. The molecule has 0 bridgehead atoms. The fourth-order valence-corrected chi connectivity index (χ4v) is 4.59. The van der Waals surface area contributed by atoms with E-state index in [1.165, 1.54) is 0 Å². The number of aryl methyl sites for hydroxylation is 2. The van der Waals surface area contributed by atoms with Crippen molar-refractivity contribution in [2.45, 2.75) is 53.1 Å². The second-order valence-corrected chi connectivity index (χ2v) is 9.99. The van der Waals surface area contributed by atoms with Crippen molar-refractivity contribution in [3.63, 3.8) is 0 Å². The zero-order valence-corrected chi connectivity index (χ0v) is 22.1. The van der Waals surface area contributed by atoms with Gasteiger partial charge < -0.3 is 20.7 Å². The molecule has 3 aromatic rings. The fraction of sp³-hybridized carbons (Fsp3) is 0.345. The number of nitrogens with one attached hydrogen (secondary N) is 1. The number of nitrogens with zero attached hydrogens (tertiary/aromatic N) is 5. The van der Waals surface area contributed by atoms with Gasteiger partial charge in [0.25, 0.3) is 0 Å². The summed E-state index contributed by atoms with van der Waals surface area (Å²) in [5, 5.41) is 21.6. The van der Waals surface area contributed by atoms with Crippen molar-refractivity contribution >= 4 is 17.5 Å². The van der Waals surface area contributed by atoms with Gasteiger partial charge in [0.15, 0.2) is 0 Å². The quantitative estimate of drug-likeness (QED) is 0.470. The highest BCUT2D eigenvalue weighted by Gasteiger charge is 2.30. The molecule has 0 fully saturated rings. The van der Waals surface area contributed by atoms with Crippen molar-refractivity contribution in [1.82, 2.24) is 14.9 Å². The van der Waals surface area contributed by atoms with E-state index in [0.29, 0.717) is 60.6 Å². The van der Waals surface area contributed by atoms with Crippen molar-refractivity contribution in [3.8, 4) is 23.8 Å². The summed E-state index contributed by atoms with van der Waals surface area (Å²) >= 11 is 0. The SMILES string of the molecule is Cc1cc(C#N)cc(C)c1Oc1nc(Nc2ccc(C#N)cc2)nc2c1CN(C(=O)[C@@H](N)CC(C)C)CC2. The average Bonchev–Trinajstić information content (AvgIpc) is 2.89. The highest BCUT2D eigenvalue weighted by molar-refractivity contribution is 5.82. The first-order valence-corrected chi connectivity index (χ1v) is 12.6. The summed E-state index contributed by atoms with van der Waals surface area (Å²) in [5.41, 5.74) is 11.2. The van der Waals surface area contributed by atoms with Gasteiger partial charge in [0.2, 0.25) is 17.7 Å². The van der Waals surface area contributed by atoms with Gasteiger partial charge in [-0.1, -0.05) is 13.8 Å². The first-order chi connectivity index (χ1) is 18.2. The predicted octanol–water partition coefficient (Wildman–Crippen LogP) is 4.63. The third kappa shape index (κ3) is 5.91. The number of nitriles is 2. The number of rotatable bonds is 7. The summed E-state index contributed by atoms with van der Waals surface area (Å²) in [4.78, 5) is 24.3. The van der Waals surface area contributed by atoms with Gasteiger partial charge in [-0.2, -0.15) is 15.5 Å². The van der Waals surface area contributed by atoms with Crippen molar-refractivity contribution in [1.29, 1.82) is 10.5 Å². The summed E-state index contributed by atoms with van der Waals surface area (Å²) in [6.07, 6.45) is 1.14. The lowest BCUT2D eigenvalue weighted by Crippen LogP contribution is -2.46. The normalized spacial score (nSPS) is 13.3. The van der Waals surface area contributed by atoms with Crippen molar-refractivity contribution in [2.75, 3.05) is 11.9 Å². The molecule has 0 spiro atoms. The van der Waals surface area contributed by atoms with Crippen molar-refractivity contribution in [3.05, 3.63) is 69.9 Å². The summed E-state index contributed by atoms with van der Waals surface area (Å²) in [6, 6.07) is 14.2. The zero-order valence-electron chi connectivity index (χ0n) is 22.1. The molecule has 0 saturated heterocycles. The minimum Gasteiger partial charge on any atom is -0.438 e. The molecule has 1 atom stereocenters. The first-order valence-electron chi connectivity index (χ1n) is 12.6. The number of hydrogen-bond acceptors (Lipinski definition) is 8. The maximum absolute atomic E-state index is 13.1. The number of carbonyl (C=O) groups excluding carboxylic acids is 1.